The molecule has 1 aliphatic carbocycles. The van der Waals surface area contributed by atoms with E-state index in [0.29, 0.717) is 3.92 Å². The minimum Gasteiger partial charge on any atom is -0.530 e. The summed E-state index contributed by atoms with van der Waals surface area (Å²) in [6.45, 7) is 0. The van der Waals surface area contributed by atoms with Crippen LogP contribution in [0, 0.1) is 0 Å². The molecule has 3 nitrogen and oxygen atoms in total. The zero-order valence-corrected chi connectivity index (χ0v) is 11.2. The SMILES string of the molecule is CN(C(=O)[O-])C1c2ccccc2CCC1I. The minimum atomic E-state index is -1.11. The van der Waals surface area contributed by atoms with Crippen molar-refractivity contribution in [3.63, 3.8) is 0 Å². The van der Waals surface area contributed by atoms with E-state index in [1.54, 1.807) is 7.05 Å². The van der Waals surface area contributed by atoms with Crippen molar-refractivity contribution in [2.75, 3.05) is 7.05 Å². The largest absolute Gasteiger partial charge is 0.530 e. The molecule has 0 saturated carbocycles. The summed E-state index contributed by atoms with van der Waals surface area (Å²) in [4.78, 5) is 12.3. The van der Waals surface area contributed by atoms with Crippen molar-refractivity contribution in [3.05, 3.63) is 35.4 Å². The molecule has 2 rings (SSSR count). The van der Waals surface area contributed by atoms with Gasteiger partial charge in [-0.25, -0.2) is 0 Å². The molecule has 4 heteroatoms. The molecule has 0 fully saturated rings. The van der Waals surface area contributed by atoms with Crippen LogP contribution in [0.5, 0.6) is 0 Å². The molecule has 0 saturated heterocycles. The number of hydrogen-bond donors (Lipinski definition) is 0. The number of benzene rings is 1. The third kappa shape index (κ3) is 2.03. The van der Waals surface area contributed by atoms with E-state index in [0.717, 1.165) is 18.4 Å². The predicted octanol–water partition coefficient (Wildman–Crippen LogP) is 1.75. The smallest absolute Gasteiger partial charge is 0.137 e. The molecule has 16 heavy (non-hydrogen) atoms. The Balaban J connectivity index is 2.40. The first kappa shape index (κ1) is 11.7. The molecule has 0 heterocycles. The van der Waals surface area contributed by atoms with Crippen LogP contribution in [0.2, 0.25) is 0 Å². The summed E-state index contributed by atoms with van der Waals surface area (Å²) in [7, 11) is 1.59. The van der Waals surface area contributed by atoms with E-state index in [9.17, 15) is 9.90 Å². The summed E-state index contributed by atoms with van der Waals surface area (Å²) in [6, 6.07) is 7.99. The highest BCUT2D eigenvalue weighted by Gasteiger charge is 2.30. The Kier molecular flexibility index (Phi) is 3.37. The predicted molar refractivity (Wildman–Crippen MR) is 68.5 cm³/mol. The van der Waals surface area contributed by atoms with Crippen LogP contribution in [0.3, 0.4) is 0 Å². The van der Waals surface area contributed by atoms with Crippen molar-refractivity contribution >= 4 is 28.7 Å². The Bertz CT molecular complexity index is 408. The number of fused-ring (bicyclic) bond motifs is 1. The third-order valence-corrected chi connectivity index (χ3v) is 4.42. The van der Waals surface area contributed by atoms with Crippen molar-refractivity contribution < 1.29 is 9.90 Å². The lowest BCUT2D eigenvalue weighted by atomic mass is 9.87. The number of halogens is 1. The van der Waals surface area contributed by atoms with Crippen molar-refractivity contribution in [1.29, 1.82) is 0 Å². The Labute approximate surface area is 109 Å². The van der Waals surface area contributed by atoms with Gasteiger partial charge in [0.1, 0.15) is 6.09 Å². The summed E-state index contributed by atoms with van der Waals surface area (Å²) >= 11 is 2.33. The minimum absolute atomic E-state index is 0.0736. The molecular weight excluding hydrogens is 317 g/mol. The number of carboxylic acid groups (broad SMARTS) is 1. The Morgan fingerprint density at radius 3 is 2.88 bits per heavy atom. The summed E-state index contributed by atoms with van der Waals surface area (Å²) in [6.07, 6.45) is 0.935. The molecule has 2 unspecified atom stereocenters. The first-order chi connectivity index (χ1) is 7.61. The lowest BCUT2D eigenvalue weighted by Gasteiger charge is -2.38. The molecular formula is C12H13INO2-. The Morgan fingerprint density at radius 2 is 2.19 bits per heavy atom. The number of hydrogen-bond acceptors (Lipinski definition) is 2. The van der Waals surface area contributed by atoms with Gasteiger partial charge < -0.3 is 14.8 Å². The molecule has 0 bridgehead atoms. The topological polar surface area (TPSA) is 43.4 Å². The first-order valence-electron chi connectivity index (χ1n) is 5.27. The number of rotatable bonds is 1. The Morgan fingerprint density at radius 1 is 1.50 bits per heavy atom. The van der Waals surface area contributed by atoms with Crippen molar-refractivity contribution in [2.45, 2.75) is 22.8 Å². The van der Waals surface area contributed by atoms with Gasteiger partial charge in [0.05, 0.1) is 6.04 Å². The van der Waals surface area contributed by atoms with Crippen LogP contribution in [0.4, 0.5) is 4.79 Å². The summed E-state index contributed by atoms with van der Waals surface area (Å²) in [5.74, 6) is 0. The maximum atomic E-state index is 11.0. The number of alkyl halides is 1. The molecule has 0 aliphatic heterocycles. The highest BCUT2D eigenvalue weighted by molar-refractivity contribution is 14.1. The monoisotopic (exact) mass is 330 g/mol. The molecule has 2 atom stereocenters. The van der Waals surface area contributed by atoms with Gasteiger partial charge in [0.2, 0.25) is 0 Å². The van der Waals surface area contributed by atoms with Gasteiger partial charge in [-0.15, -0.1) is 0 Å². The normalized spacial score (nSPS) is 23.6. The van der Waals surface area contributed by atoms with Crippen LogP contribution in [0.1, 0.15) is 23.6 Å². The number of nitrogens with zero attached hydrogens (tertiary/aromatic N) is 1. The number of amides is 1. The summed E-state index contributed by atoms with van der Waals surface area (Å²) in [5, 5.41) is 11.0. The van der Waals surface area contributed by atoms with Gasteiger partial charge in [-0.1, -0.05) is 46.9 Å². The van der Waals surface area contributed by atoms with Gasteiger partial charge in [0.15, 0.2) is 0 Å². The average Bonchev–Trinajstić information content (AvgIpc) is 2.28. The van der Waals surface area contributed by atoms with Crippen molar-refractivity contribution in [3.8, 4) is 0 Å². The van der Waals surface area contributed by atoms with Gasteiger partial charge in [-0.3, -0.25) is 0 Å². The second-order valence-electron chi connectivity index (χ2n) is 4.08. The van der Waals surface area contributed by atoms with Crippen LogP contribution in [0.25, 0.3) is 0 Å². The Hall–Kier alpha value is -0.780. The lowest BCUT2D eigenvalue weighted by molar-refractivity contribution is -0.266. The number of carbonyl (C=O) groups excluding carboxylic acids is 1. The van der Waals surface area contributed by atoms with Crippen LogP contribution >= 0.6 is 22.6 Å². The van der Waals surface area contributed by atoms with Gasteiger partial charge in [-0.05, 0) is 24.0 Å². The molecule has 0 aromatic heterocycles. The highest BCUT2D eigenvalue weighted by atomic mass is 127. The molecule has 0 N–H and O–H groups in total. The lowest BCUT2D eigenvalue weighted by Crippen LogP contribution is -2.44. The van der Waals surface area contributed by atoms with E-state index in [1.165, 1.54) is 10.5 Å². The fourth-order valence-electron chi connectivity index (χ4n) is 2.26. The quantitative estimate of drug-likeness (QED) is 0.582. The van der Waals surface area contributed by atoms with E-state index >= 15 is 0 Å². The number of carbonyl (C=O) groups is 1. The van der Waals surface area contributed by atoms with Gasteiger partial charge in [0, 0.05) is 11.0 Å². The second kappa shape index (κ2) is 4.61. The molecule has 1 aromatic rings. The van der Waals surface area contributed by atoms with E-state index in [1.807, 2.05) is 18.2 Å². The van der Waals surface area contributed by atoms with E-state index in [-0.39, 0.29) is 6.04 Å². The fraction of sp³-hybridized carbons (Fsp3) is 0.417. The highest BCUT2D eigenvalue weighted by Crippen LogP contribution is 2.37. The van der Waals surface area contributed by atoms with Gasteiger partial charge >= 0.3 is 0 Å². The van der Waals surface area contributed by atoms with Crippen molar-refractivity contribution in [2.24, 2.45) is 0 Å². The molecule has 0 spiro atoms. The second-order valence-corrected chi connectivity index (χ2v) is 5.68. The van der Waals surface area contributed by atoms with E-state index in [4.69, 9.17) is 0 Å². The van der Waals surface area contributed by atoms with E-state index < -0.39 is 6.09 Å². The summed E-state index contributed by atoms with van der Waals surface area (Å²) < 4.78 is 0.315. The number of aryl methyl sites for hydroxylation is 1. The molecule has 1 aliphatic rings. The summed E-state index contributed by atoms with van der Waals surface area (Å²) in [5.41, 5.74) is 2.38. The van der Waals surface area contributed by atoms with Gasteiger partial charge in [0.25, 0.3) is 0 Å². The molecule has 86 valence electrons. The van der Waals surface area contributed by atoms with Crippen LogP contribution < -0.4 is 5.11 Å². The van der Waals surface area contributed by atoms with Gasteiger partial charge in [-0.2, -0.15) is 0 Å². The average molecular weight is 330 g/mol. The van der Waals surface area contributed by atoms with Crippen LogP contribution in [0.15, 0.2) is 24.3 Å². The van der Waals surface area contributed by atoms with Crippen LogP contribution in [-0.4, -0.2) is 22.0 Å². The third-order valence-electron chi connectivity index (χ3n) is 3.11. The first-order valence-corrected chi connectivity index (χ1v) is 6.51. The zero-order valence-electron chi connectivity index (χ0n) is 9.02. The maximum Gasteiger partial charge on any atom is 0.137 e. The van der Waals surface area contributed by atoms with Crippen LogP contribution in [-0.2, 0) is 6.42 Å². The maximum absolute atomic E-state index is 11.0. The zero-order chi connectivity index (χ0) is 11.7. The molecule has 1 aromatic carbocycles. The standard InChI is InChI=1S/C12H14INO2/c1-14(12(15)16)11-9-5-3-2-4-8(9)6-7-10(11)13/h2-5,10-11H,6-7H2,1H3,(H,15,16)/p-1. The van der Waals surface area contributed by atoms with E-state index in [2.05, 4.69) is 28.7 Å². The molecule has 1 amide bonds. The fourth-order valence-corrected chi connectivity index (χ4v) is 3.44. The van der Waals surface area contributed by atoms with Crippen molar-refractivity contribution in [1.82, 2.24) is 4.90 Å². The molecule has 0 radical (unpaired) electrons.